The maximum absolute atomic E-state index is 12.7. The van der Waals surface area contributed by atoms with Crippen LogP contribution in [-0.4, -0.2) is 24.0 Å². The number of halogens is 1. The van der Waals surface area contributed by atoms with Crippen LogP contribution in [0.15, 0.2) is 46.4 Å². The molecule has 0 atom stereocenters. The minimum atomic E-state index is -0.554. The Hall–Kier alpha value is -2.20. The molecule has 1 aromatic heterocycles. The van der Waals surface area contributed by atoms with Gasteiger partial charge in [-0.2, -0.15) is 0 Å². The van der Waals surface area contributed by atoms with Gasteiger partial charge in [0.25, 0.3) is 11.8 Å². The largest absolute Gasteiger partial charge is 0.497 e. The Labute approximate surface area is 156 Å². The molecule has 0 saturated carbocycles. The molecule has 2 heterocycles. The summed E-state index contributed by atoms with van der Waals surface area (Å²) >= 11 is 7.14. The average molecular weight is 454 g/mol. The molecular weight excluding hydrogens is 443 g/mol. The monoisotopic (exact) mass is 454 g/mol. The smallest absolute Gasteiger partial charge is 0.270 e. The van der Waals surface area contributed by atoms with E-state index in [1.165, 1.54) is 11.0 Å². The van der Waals surface area contributed by atoms with Gasteiger partial charge in [0.1, 0.15) is 17.1 Å². The van der Waals surface area contributed by atoms with Crippen LogP contribution in [0.5, 0.6) is 5.75 Å². The third kappa shape index (κ3) is 3.20. The summed E-state index contributed by atoms with van der Waals surface area (Å²) < 4.78 is 11.1. The van der Waals surface area contributed by atoms with E-state index in [0.29, 0.717) is 21.0 Å². The van der Waals surface area contributed by atoms with E-state index in [9.17, 15) is 9.59 Å². The lowest BCUT2D eigenvalue weighted by atomic mass is 10.1. The van der Waals surface area contributed by atoms with E-state index >= 15 is 0 Å². The molecule has 3 rings (SSSR count). The number of ether oxygens (including phenoxy) is 1. The van der Waals surface area contributed by atoms with Gasteiger partial charge < -0.3 is 9.15 Å². The summed E-state index contributed by atoms with van der Waals surface area (Å²) in [4.78, 5) is 26.1. The Morgan fingerprint density at radius 3 is 2.50 bits per heavy atom. The van der Waals surface area contributed by atoms with Crippen LogP contribution in [-0.2, 0) is 9.59 Å². The summed E-state index contributed by atoms with van der Waals surface area (Å²) in [6.07, 6.45) is 1.40. The van der Waals surface area contributed by atoms with Crippen molar-refractivity contribution in [1.29, 1.82) is 0 Å². The van der Waals surface area contributed by atoms with Crippen molar-refractivity contribution in [2.45, 2.75) is 0 Å². The van der Waals surface area contributed by atoms with Gasteiger partial charge >= 0.3 is 0 Å². The average Bonchev–Trinajstić information content (AvgIpc) is 2.97. The van der Waals surface area contributed by atoms with Gasteiger partial charge in [0.15, 0.2) is 8.88 Å². The second-order valence-electron chi connectivity index (χ2n) is 4.80. The lowest BCUT2D eigenvalue weighted by Crippen LogP contribution is -2.54. The van der Waals surface area contributed by atoms with Crippen LogP contribution in [0.4, 0.5) is 5.69 Å². The molecule has 2 amide bonds. The first-order valence-electron chi connectivity index (χ1n) is 6.80. The lowest BCUT2D eigenvalue weighted by molar-refractivity contribution is -0.122. The standard InChI is InChI=1S/C16H11IN2O4S/c1-22-10-4-2-9(3-5-10)19-15(21)12(14(20)18-16(19)24)8-11-6-7-13(17)23-11/h2-8H,1H3,(H,18,20,24)/b12-8-. The van der Waals surface area contributed by atoms with Crippen molar-refractivity contribution in [3.05, 3.63) is 51.5 Å². The molecule has 1 N–H and O–H groups in total. The number of anilines is 1. The molecule has 0 bridgehead atoms. The zero-order valence-corrected chi connectivity index (χ0v) is 15.4. The number of amides is 2. The van der Waals surface area contributed by atoms with E-state index in [1.807, 2.05) is 22.6 Å². The number of rotatable bonds is 3. The number of hydrogen-bond donors (Lipinski definition) is 1. The number of benzene rings is 1. The number of hydrogen-bond acceptors (Lipinski definition) is 5. The first kappa shape index (κ1) is 16.7. The highest BCUT2D eigenvalue weighted by Crippen LogP contribution is 2.24. The molecule has 6 nitrogen and oxygen atoms in total. The van der Waals surface area contributed by atoms with Crippen molar-refractivity contribution >= 4 is 63.5 Å². The fourth-order valence-corrected chi connectivity index (χ4v) is 2.89. The molecular formula is C16H11IN2O4S. The van der Waals surface area contributed by atoms with Gasteiger partial charge in [-0.25, -0.2) is 0 Å². The van der Waals surface area contributed by atoms with Gasteiger partial charge in [-0.3, -0.25) is 19.8 Å². The highest BCUT2D eigenvalue weighted by molar-refractivity contribution is 14.1. The molecule has 2 aromatic rings. The van der Waals surface area contributed by atoms with E-state index < -0.39 is 11.8 Å². The Kier molecular flexibility index (Phi) is 4.67. The van der Waals surface area contributed by atoms with Crippen LogP contribution in [0.2, 0.25) is 0 Å². The molecule has 24 heavy (non-hydrogen) atoms. The highest BCUT2D eigenvalue weighted by atomic mass is 127. The number of furan rings is 1. The zero-order chi connectivity index (χ0) is 17.3. The molecule has 122 valence electrons. The van der Waals surface area contributed by atoms with Crippen LogP contribution < -0.4 is 15.0 Å². The number of carbonyl (C=O) groups excluding carboxylic acids is 2. The van der Waals surface area contributed by atoms with Crippen LogP contribution in [0.25, 0.3) is 6.08 Å². The van der Waals surface area contributed by atoms with Crippen molar-refractivity contribution in [3.63, 3.8) is 0 Å². The molecule has 1 fully saturated rings. The van der Waals surface area contributed by atoms with Crippen LogP contribution in [0.3, 0.4) is 0 Å². The fourth-order valence-electron chi connectivity index (χ4n) is 2.17. The number of carbonyl (C=O) groups is 2. The van der Waals surface area contributed by atoms with E-state index in [0.717, 1.165) is 0 Å². The third-order valence-electron chi connectivity index (χ3n) is 3.31. The summed E-state index contributed by atoms with van der Waals surface area (Å²) in [5, 5.41) is 2.55. The first-order valence-corrected chi connectivity index (χ1v) is 8.29. The molecule has 0 unspecified atom stereocenters. The van der Waals surface area contributed by atoms with E-state index in [-0.39, 0.29) is 10.7 Å². The quantitative estimate of drug-likeness (QED) is 0.334. The Morgan fingerprint density at radius 2 is 1.92 bits per heavy atom. The third-order valence-corrected chi connectivity index (χ3v) is 4.18. The van der Waals surface area contributed by atoms with Gasteiger partial charge in [-0.15, -0.1) is 0 Å². The molecule has 8 heteroatoms. The molecule has 1 saturated heterocycles. The zero-order valence-electron chi connectivity index (χ0n) is 12.4. The van der Waals surface area contributed by atoms with Crippen molar-refractivity contribution < 1.29 is 18.7 Å². The van der Waals surface area contributed by atoms with Gasteiger partial charge in [-0.05, 0) is 77.3 Å². The van der Waals surface area contributed by atoms with Gasteiger partial charge in [-0.1, -0.05) is 0 Å². The minimum absolute atomic E-state index is 0.0290. The maximum atomic E-state index is 12.7. The molecule has 0 aliphatic carbocycles. The van der Waals surface area contributed by atoms with E-state index in [4.69, 9.17) is 21.4 Å². The van der Waals surface area contributed by atoms with Crippen LogP contribution >= 0.6 is 34.8 Å². The van der Waals surface area contributed by atoms with Crippen molar-refractivity contribution in [1.82, 2.24) is 5.32 Å². The molecule has 1 aromatic carbocycles. The summed E-state index contributed by atoms with van der Waals surface area (Å²) in [5.41, 5.74) is 0.482. The lowest BCUT2D eigenvalue weighted by Gasteiger charge is -2.28. The Bertz CT molecular complexity index is 857. The second-order valence-corrected chi connectivity index (χ2v) is 6.25. The topological polar surface area (TPSA) is 71.8 Å². The van der Waals surface area contributed by atoms with Gasteiger partial charge in [0, 0.05) is 0 Å². The summed E-state index contributed by atoms with van der Waals surface area (Å²) in [5.74, 6) is 0.000910. The van der Waals surface area contributed by atoms with Gasteiger partial charge in [0.2, 0.25) is 0 Å². The number of thiocarbonyl (C=S) groups is 1. The first-order chi connectivity index (χ1) is 11.5. The molecule has 0 radical (unpaired) electrons. The fraction of sp³-hybridized carbons (Fsp3) is 0.0625. The van der Waals surface area contributed by atoms with Gasteiger partial charge in [0.05, 0.1) is 12.8 Å². The summed E-state index contributed by atoms with van der Waals surface area (Å²) in [6.45, 7) is 0. The van der Waals surface area contributed by atoms with Crippen molar-refractivity contribution in [2.24, 2.45) is 0 Å². The van der Waals surface area contributed by atoms with Crippen molar-refractivity contribution in [3.8, 4) is 5.75 Å². The normalized spacial score (nSPS) is 16.5. The van der Waals surface area contributed by atoms with Crippen molar-refractivity contribution in [2.75, 3.05) is 12.0 Å². The highest BCUT2D eigenvalue weighted by Gasteiger charge is 2.34. The minimum Gasteiger partial charge on any atom is -0.497 e. The summed E-state index contributed by atoms with van der Waals surface area (Å²) in [7, 11) is 1.55. The predicted molar refractivity (Wildman–Crippen MR) is 101 cm³/mol. The number of nitrogens with one attached hydrogen (secondary N) is 1. The molecule has 0 spiro atoms. The molecule has 1 aliphatic rings. The van der Waals surface area contributed by atoms with E-state index in [2.05, 4.69) is 5.32 Å². The number of nitrogens with zero attached hydrogens (tertiary/aromatic N) is 1. The summed E-state index contributed by atoms with van der Waals surface area (Å²) in [6, 6.07) is 10.2. The Morgan fingerprint density at radius 1 is 1.21 bits per heavy atom. The SMILES string of the molecule is COc1ccc(N2C(=O)/C(=C\c3ccc(I)o3)C(=O)NC2=S)cc1. The Balaban J connectivity index is 1.97. The maximum Gasteiger partial charge on any atom is 0.270 e. The van der Waals surface area contributed by atoms with Crippen LogP contribution in [0, 0.1) is 3.77 Å². The van der Waals surface area contributed by atoms with E-state index in [1.54, 1.807) is 43.5 Å². The predicted octanol–water partition coefficient (Wildman–Crippen LogP) is 2.72. The van der Waals surface area contributed by atoms with Crippen LogP contribution in [0.1, 0.15) is 5.76 Å². The second kappa shape index (κ2) is 6.73. The molecule has 1 aliphatic heterocycles. The number of methoxy groups -OCH3 is 1.